The van der Waals surface area contributed by atoms with E-state index >= 15 is 0 Å². The number of nitrogens with zero attached hydrogens (tertiary/aromatic N) is 3. The highest BCUT2D eigenvalue weighted by molar-refractivity contribution is 7.85. The lowest BCUT2D eigenvalue weighted by Crippen LogP contribution is -2.30. The van der Waals surface area contributed by atoms with Crippen LogP contribution in [-0.2, 0) is 10.8 Å². The number of alkyl halides is 3. The van der Waals surface area contributed by atoms with Crippen LogP contribution in [0, 0.1) is 5.21 Å². The van der Waals surface area contributed by atoms with Crippen LogP contribution in [0.15, 0.2) is 24.5 Å². The highest BCUT2D eigenvalue weighted by atomic mass is 35.5. The number of thiazole rings is 1. The Bertz CT molecular complexity index is 845. The summed E-state index contributed by atoms with van der Waals surface area (Å²) in [4.78, 5) is 6.22. The molecule has 0 saturated carbocycles. The van der Waals surface area contributed by atoms with Gasteiger partial charge in [0.1, 0.15) is 15.8 Å². The van der Waals surface area contributed by atoms with E-state index in [9.17, 15) is 22.6 Å². The number of pyridine rings is 1. The van der Waals surface area contributed by atoms with Crippen molar-refractivity contribution in [2.75, 3.05) is 23.0 Å². The van der Waals surface area contributed by atoms with E-state index < -0.39 is 22.7 Å². The summed E-state index contributed by atoms with van der Waals surface area (Å²) in [5, 5.41) is 12.6. The summed E-state index contributed by atoms with van der Waals surface area (Å²) in [6.07, 6.45) is -1.72. The molecule has 0 bridgehead atoms. The van der Waals surface area contributed by atoms with E-state index in [1.165, 1.54) is 23.7 Å². The Kier molecular flexibility index (Phi) is 7.55. The lowest BCUT2D eigenvalue weighted by atomic mass is 10.3. The van der Waals surface area contributed by atoms with Crippen molar-refractivity contribution < 1.29 is 22.1 Å². The molecule has 12 heteroatoms. The first-order valence-electron chi connectivity index (χ1n) is 7.68. The van der Waals surface area contributed by atoms with Crippen molar-refractivity contribution in [1.82, 2.24) is 4.98 Å². The second-order valence-corrected chi connectivity index (χ2v) is 8.74. The molecule has 2 heterocycles. The van der Waals surface area contributed by atoms with Crippen molar-refractivity contribution in [2.24, 2.45) is 0 Å². The van der Waals surface area contributed by atoms with Crippen molar-refractivity contribution in [3.05, 3.63) is 34.9 Å². The number of hydrogen-bond donors (Lipinski definition) is 0. The first-order chi connectivity index (χ1) is 12.6. The van der Waals surface area contributed by atoms with Crippen LogP contribution >= 0.6 is 35.2 Å². The van der Waals surface area contributed by atoms with Crippen LogP contribution < -0.4 is 9.63 Å². The molecule has 2 rings (SSSR count). The van der Waals surface area contributed by atoms with E-state index in [4.69, 9.17) is 23.8 Å². The third kappa shape index (κ3) is 6.37. The number of aromatic nitrogens is 2. The van der Waals surface area contributed by atoms with Gasteiger partial charge < -0.3 is 10.1 Å². The predicted molar refractivity (Wildman–Crippen MR) is 106 cm³/mol. The molecule has 1 unspecified atom stereocenters. The van der Waals surface area contributed by atoms with Crippen molar-refractivity contribution in [2.45, 2.75) is 19.5 Å². The Hall–Kier alpha value is -1.30. The zero-order chi connectivity index (χ0) is 20.2. The second-order valence-electron chi connectivity index (χ2n) is 5.36. The molecule has 0 aliphatic heterocycles. The van der Waals surface area contributed by atoms with Crippen LogP contribution in [0.5, 0.6) is 0 Å². The molecule has 0 saturated heterocycles. The average molecular weight is 458 g/mol. The maximum Gasteiger partial charge on any atom is 0.400 e. The largest absolute Gasteiger partial charge is 0.619 e. The molecule has 5 nitrogen and oxygen atoms in total. The van der Waals surface area contributed by atoms with Gasteiger partial charge in [-0.3, -0.25) is 4.21 Å². The Balaban J connectivity index is 2.13. The number of rotatable bonds is 7. The average Bonchev–Trinajstić information content (AvgIpc) is 2.94. The van der Waals surface area contributed by atoms with Gasteiger partial charge >= 0.3 is 6.18 Å². The van der Waals surface area contributed by atoms with E-state index in [2.05, 4.69) is 4.98 Å². The molecule has 0 fully saturated rings. The van der Waals surface area contributed by atoms with Crippen molar-refractivity contribution in [3.63, 3.8) is 0 Å². The van der Waals surface area contributed by atoms with E-state index in [-0.39, 0.29) is 17.3 Å². The van der Waals surface area contributed by atoms with Gasteiger partial charge in [-0.15, -0.1) is 0 Å². The maximum absolute atomic E-state index is 12.3. The lowest BCUT2D eigenvalue weighted by molar-refractivity contribution is -0.604. The third-order valence-corrected chi connectivity index (χ3v) is 6.56. The van der Waals surface area contributed by atoms with Crippen molar-refractivity contribution in [1.29, 1.82) is 0 Å². The minimum absolute atomic E-state index is 0.0569. The van der Waals surface area contributed by atoms with Gasteiger partial charge in [0.15, 0.2) is 17.5 Å². The molecule has 27 heavy (non-hydrogen) atoms. The summed E-state index contributed by atoms with van der Waals surface area (Å²) in [5.41, 5.74) is 0.582. The van der Waals surface area contributed by atoms with Gasteiger partial charge in [-0.1, -0.05) is 35.2 Å². The van der Waals surface area contributed by atoms with Gasteiger partial charge in [-0.2, -0.15) is 17.9 Å². The van der Waals surface area contributed by atoms with Gasteiger partial charge in [-0.25, -0.2) is 4.98 Å². The molecule has 148 valence electrons. The smallest absolute Gasteiger partial charge is 0.400 e. The number of halogens is 4. The highest BCUT2D eigenvalue weighted by Crippen LogP contribution is 2.37. The Labute approximate surface area is 170 Å². The fraction of sp³-hybridized carbons (Fsp3) is 0.400. The molecule has 0 radical (unpaired) electrons. The van der Waals surface area contributed by atoms with E-state index in [0.717, 1.165) is 0 Å². The van der Waals surface area contributed by atoms with Gasteiger partial charge in [0.05, 0.1) is 10.6 Å². The summed E-state index contributed by atoms with van der Waals surface area (Å²) in [6.45, 7) is 2.23. The van der Waals surface area contributed by atoms with Gasteiger partial charge in [0, 0.05) is 35.6 Å². The fourth-order valence-electron chi connectivity index (χ4n) is 2.19. The second kappa shape index (κ2) is 9.26. The van der Waals surface area contributed by atoms with Crippen LogP contribution in [0.1, 0.15) is 13.3 Å². The topological polar surface area (TPSA) is 60.1 Å². The Morgan fingerprint density at radius 2 is 2.22 bits per heavy atom. The first-order valence-corrected chi connectivity index (χ1v) is 10.8. The summed E-state index contributed by atoms with van der Waals surface area (Å²) in [5.74, 6) is -1.54. The molecular weight excluding hydrogens is 443 g/mol. The SMILES string of the molecule is CCN(C(=S)CCS(=O)CC(F)(F)F)c1sc(-c2ccc[n+]([O-])c2)nc1Cl. The van der Waals surface area contributed by atoms with Crippen molar-refractivity contribution in [3.8, 4) is 10.6 Å². The van der Waals surface area contributed by atoms with Crippen LogP contribution in [0.4, 0.5) is 18.2 Å². The summed E-state index contributed by atoms with van der Waals surface area (Å²) < 4.78 is 49.0. The standard InChI is InChI=1S/C15H15ClF3N3O2S3/c1-2-22(11(25)5-7-27(24)9-15(17,18)19)14-12(16)20-13(26-14)10-4-3-6-21(23)8-10/h3-4,6,8H,2,5,7,9H2,1H3. The molecule has 0 spiro atoms. The monoisotopic (exact) mass is 457 g/mol. The van der Waals surface area contributed by atoms with Crippen LogP contribution in [0.25, 0.3) is 10.6 Å². The zero-order valence-electron chi connectivity index (χ0n) is 14.0. The minimum atomic E-state index is -4.47. The highest BCUT2D eigenvalue weighted by Gasteiger charge is 2.30. The van der Waals surface area contributed by atoms with E-state index in [1.807, 2.05) is 6.92 Å². The number of hydrogen-bond acceptors (Lipinski definition) is 5. The minimum Gasteiger partial charge on any atom is -0.619 e. The summed E-state index contributed by atoms with van der Waals surface area (Å²) in [6, 6.07) is 3.29. The Morgan fingerprint density at radius 3 is 2.81 bits per heavy atom. The molecule has 2 aromatic heterocycles. The van der Waals surface area contributed by atoms with Gasteiger partial charge in [-0.05, 0) is 13.0 Å². The summed E-state index contributed by atoms with van der Waals surface area (Å²) >= 11 is 12.7. The fourth-order valence-corrected chi connectivity index (χ4v) is 5.02. The number of anilines is 1. The normalized spacial score (nSPS) is 12.8. The predicted octanol–water partition coefficient (Wildman–Crippen LogP) is 3.95. The zero-order valence-corrected chi connectivity index (χ0v) is 17.2. The van der Waals surface area contributed by atoms with Gasteiger partial charge in [0.25, 0.3) is 0 Å². The lowest BCUT2D eigenvalue weighted by Gasteiger charge is -2.22. The number of thiocarbonyl (C=S) groups is 1. The summed E-state index contributed by atoms with van der Waals surface area (Å²) in [7, 11) is -2.04. The molecule has 0 amide bonds. The van der Waals surface area contributed by atoms with Gasteiger partial charge in [0.2, 0.25) is 0 Å². The molecule has 0 N–H and O–H groups in total. The molecular formula is C15H15ClF3N3O2S3. The molecule has 2 aromatic rings. The molecule has 1 atom stereocenters. The van der Waals surface area contributed by atoms with E-state index in [0.29, 0.717) is 31.8 Å². The third-order valence-electron chi connectivity index (χ3n) is 3.32. The molecule has 0 aliphatic rings. The van der Waals surface area contributed by atoms with Crippen LogP contribution in [0.2, 0.25) is 5.15 Å². The van der Waals surface area contributed by atoms with Crippen LogP contribution in [-0.4, -0.2) is 38.4 Å². The van der Waals surface area contributed by atoms with Crippen molar-refractivity contribution >= 4 is 55.9 Å². The maximum atomic E-state index is 12.3. The van der Waals surface area contributed by atoms with Crippen LogP contribution in [0.3, 0.4) is 0 Å². The molecule has 0 aromatic carbocycles. The van der Waals surface area contributed by atoms with E-state index in [1.54, 1.807) is 17.0 Å². The first kappa shape index (κ1) is 22.0. The Morgan fingerprint density at radius 1 is 1.52 bits per heavy atom. The quantitative estimate of drug-likeness (QED) is 0.358. The molecule has 0 aliphatic carbocycles.